The second-order valence-corrected chi connectivity index (χ2v) is 6.98. The number of hydrogen-bond donors (Lipinski definition) is 2. The number of anilines is 1. The fourth-order valence-corrected chi connectivity index (χ4v) is 2.86. The standard InChI is InChI=1S/C20H19IN2O4/c1-13-10-16(21)8-9-17(13)23-19(25)12-27-20(26)18(22-14(2)24)11-15-6-4-3-5-7-15/h3-11H,12H2,1-2H3,(H,22,24)(H,23,25)/b18-11-. The molecule has 2 rings (SSSR count). The highest BCUT2D eigenvalue weighted by molar-refractivity contribution is 14.1. The van der Waals surface area contributed by atoms with Gasteiger partial charge in [-0.2, -0.15) is 0 Å². The third kappa shape index (κ3) is 6.86. The summed E-state index contributed by atoms with van der Waals surface area (Å²) in [5.41, 5.74) is 2.24. The van der Waals surface area contributed by atoms with Crippen molar-refractivity contribution in [2.45, 2.75) is 13.8 Å². The third-order valence-corrected chi connectivity index (χ3v) is 4.11. The van der Waals surface area contributed by atoms with E-state index in [1.165, 1.54) is 13.0 Å². The summed E-state index contributed by atoms with van der Waals surface area (Å²) in [5.74, 6) is -1.66. The average molecular weight is 478 g/mol. The molecule has 0 radical (unpaired) electrons. The molecule has 27 heavy (non-hydrogen) atoms. The lowest BCUT2D eigenvalue weighted by atomic mass is 10.2. The van der Waals surface area contributed by atoms with Crippen molar-refractivity contribution in [1.82, 2.24) is 5.32 Å². The van der Waals surface area contributed by atoms with E-state index in [1.807, 2.05) is 25.1 Å². The van der Waals surface area contributed by atoms with Crippen LogP contribution in [0.1, 0.15) is 18.1 Å². The minimum Gasteiger partial charge on any atom is -0.451 e. The first-order chi connectivity index (χ1) is 12.8. The number of esters is 1. The van der Waals surface area contributed by atoms with Gasteiger partial charge in [0.15, 0.2) is 6.61 Å². The highest BCUT2D eigenvalue weighted by Gasteiger charge is 2.15. The van der Waals surface area contributed by atoms with E-state index in [2.05, 4.69) is 33.2 Å². The van der Waals surface area contributed by atoms with Crippen molar-refractivity contribution in [3.05, 3.63) is 68.9 Å². The quantitative estimate of drug-likeness (QED) is 0.380. The normalized spacial score (nSPS) is 10.9. The Labute approximate surface area is 171 Å². The van der Waals surface area contributed by atoms with E-state index in [1.54, 1.807) is 30.3 Å². The van der Waals surface area contributed by atoms with Gasteiger partial charge in [0.2, 0.25) is 5.91 Å². The lowest BCUT2D eigenvalue weighted by Gasteiger charge is -2.11. The molecule has 0 aromatic heterocycles. The zero-order valence-corrected chi connectivity index (χ0v) is 17.1. The Kier molecular flexibility index (Phi) is 7.54. The maximum atomic E-state index is 12.3. The van der Waals surface area contributed by atoms with Crippen LogP contribution in [0.2, 0.25) is 0 Å². The predicted octanol–water partition coefficient (Wildman–Crippen LogP) is 3.26. The van der Waals surface area contributed by atoms with Crippen molar-refractivity contribution in [2.24, 2.45) is 0 Å². The zero-order chi connectivity index (χ0) is 19.8. The number of carbonyl (C=O) groups is 3. The van der Waals surface area contributed by atoms with E-state index in [0.717, 1.165) is 14.7 Å². The van der Waals surface area contributed by atoms with Gasteiger partial charge < -0.3 is 15.4 Å². The van der Waals surface area contributed by atoms with Gasteiger partial charge in [0.05, 0.1) is 0 Å². The number of rotatable bonds is 6. The van der Waals surface area contributed by atoms with E-state index in [0.29, 0.717) is 5.69 Å². The van der Waals surface area contributed by atoms with Crippen molar-refractivity contribution >= 4 is 52.1 Å². The maximum Gasteiger partial charge on any atom is 0.355 e. The summed E-state index contributed by atoms with van der Waals surface area (Å²) in [6, 6.07) is 14.6. The van der Waals surface area contributed by atoms with E-state index in [9.17, 15) is 14.4 Å². The number of ether oxygens (including phenoxy) is 1. The molecular weight excluding hydrogens is 459 g/mol. The van der Waals surface area contributed by atoms with E-state index < -0.39 is 24.4 Å². The maximum absolute atomic E-state index is 12.3. The first-order valence-electron chi connectivity index (χ1n) is 8.12. The molecule has 0 bridgehead atoms. The van der Waals surface area contributed by atoms with Gasteiger partial charge in [-0.15, -0.1) is 0 Å². The summed E-state index contributed by atoms with van der Waals surface area (Å²) < 4.78 is 6.10. The summed E-state index contributed by atoms with van der Waals surface area (Å²) in [6.07, 6.45) is 1.49. The van der Waals surface area contributed by atoms with Gasteiger partial charge in [0.1, 0.15) is 5.70 Å². The molecule has 0 spiro atoms. The second-order valence-electron chi connectivity index (χ2n) is 5.73. The minimum atomic E-state index is -0.788. The van der Waals surface area contributed by atoms with Gasteiger partial charge in [-0.05, 0) is 64.9 Å². The first-order valence-corrected chi connectivity index (χ1v) is 9.20. The zero-order valence-electron chi connectivity index (χ0n) is 14.9. The molecular formula is C20H19IN2O4. The molecule has 0 fully saturated rings. The van der Waals surface area contributed by atoms with Crippen LogP contribution in [0.15, 0.2) is 54.2 Å². The highest BCUT2D eigenvalue weighted by atomic mass is 127. The average Bonchev–Trinajstić information content (AvgIpc) is 2.62. The number of benzene rings is 2. The lowest BCUT2D eigenvalue weighted by molar-refractivity contribution is -0.144. The minimum absolute atomic E-state index is 0.0352. The van der Waals surface area contributed by atoms with Crippen LogP contribution >= 0.6 is 22.6 Å². The van der Waals surface area contributed by atoms with Crippen LogP contribution in [-0.4, -0.2) is 24.4 Å². The van der Waals surface area contributed by atoms with Crippen LogP contribution < -0.4 is 10.6 Å². The Bertz CT molecular complexity index is 879. The molecule has 0 unspecified atom stereocenters. The summed E-state index contributed by atoms with van der Waals surface area (Å²) in [4.78, 5) is 35.7. The first kappa shape index (κ1) is 20.6. The molecule has 2 aromatic carbocycles. The fourth-order valence-electron chi connectivity index (χ4n) is 2.21. The van der Waals surface area contributed by atoms with Gasteiger partial charge in [-0.25, -0.2) is 4.79 Å². The van der Waals surface area contributed by atoms with Gasteiger partial charge in [-0.3, -0.25) is 9.59 Å². The molecule has 0 atom stereocenters. The number of amides is 2. The second kappa shape index (κ2) is 9.86. The summed E-state index contributed by atoms with van der Waals surface area (Å²) in [7, 11) is 0. The molecule has 0 saturated carbocycles. The summed E-state index contributed by atoms with van der Waals surface area (Å²) in [6.45, 7) is 2.70. The van der Waals surface area contributed by atoms with Gasteiger partial charge >= 0.3 is 5.97 Å². The number of carbonyl (C=O) groups excluding carboxylic acids is 3. The smallest absolute Gasteiger partial charge is 0.355 e. The van der Waals surface area contributed by atoms with Crippen molar-refractivity contribution in [2.75, 3.05) is 11.9 Å². The summed E-state index contributed by atoms with van der Waals surface area (Å²) >= 11 is 2.18. The summed E-state index contributed by atoms with van der Waals surface area (Å²) in [5, 5.41) is 5.13. The highest BCUT2D eigenvalue weighted by Crippen LogP contribution is 2.17. The van der Waals surface area contributed by atoms with E-state index in [4.69, 9.17) is 4.74 Å². The molecule has 0 heterocycles. The predicted molar refractivity (Wildman–Crippen MR) is 112 cm³/mol. The Morgan fingerprint density at radius 1 is 1.11 bits per heavy atom. The molecule has 2 aromatic rings. The molecule has 7 heteroatoms. The van der Waals surface area contributed by atoms with Crippen molar-refractivity contribution < 1.29 is 19.1 Å². The Hall–Kier alpha value is -2.68. The Morgan fingerprint density at radius 2 is 1.81 bits per heavy atom. The number of nitrogens with one attached hydrogen (secondary N) is 2. The van der Waals surface area contributed by atoms with Crippen LogP contribution in [0.3, 0.4) is 0 Å². The van der Waals surface area contributed by atoms with Crippen LogP contribution in [0.4, 0.5) is 5.69 Å². The molecule has 0 aliphatic carbocycles. The van der Waals surface area contributed by atoms with Crippen molar-refractivity contribution in [3.63, 3.8) is 0 Å². The number of aryl methyl sites for hydroxylation is 1. The van der Waals surface area contributed by atoms with Crippen molar-refractivity contribution in [3.8, 4) is 0 Å². The van der Waals surface area contributed by atoms with Crippen LogP contribution in [0.5, 0.6) is 0 Å². The van der Waals surface area contributed by atoms with Gasteiger partial charge in [0.25, 0.3) is 5.91 Å². The Balaban J connectivity index is 2.01. The van der Waals surface area contributed by atoms with Crippen LogP contribution in [0, 0.1) is 10.5 Å². The van der Waals surface area contributed by atoms with Crippen LogP contribution in [-0.2, 0) is 19.1 Å². The monoisotopic (exact) mass is 478 g/mol. The largest absolute Gasteiger partial charge is 0.451 e. The fraction of sp³-hybridized carbons (Fsp3) is 0.150. The molecule has 6 nitrogen and oxygen atoms in total. The molecule has 2 amide bonds. The van der Waals surface area contributed by atoms with Gasteiger partial charge in [0, 0.05) is 16.2 Å². The third-order valence-electron chi connectivity index (χ3n) is 3.44. The Morgan fingerprint density at radius 3 is 2.44 bits per heavy atom. The molecule has 0 aliphatic rings. The van der Waals surface area contributed by atoms with E-state index in [-0.39, 0.29) is 5.70 Å². The van der Waals surface area contributed by atoms with Crippen molar-refractivity contribution in [1.29, 1.82) is 0 Å². The molecule has 140 valence electrons. The van der Waals surface area contributed by atoms with Gasteiger partial charge in [-0.1, -0.05) is 30.3 Å². The molecule has 2 N–H and O–H groups in total. The number of hydrogen-bond acceptors (Lipinski definition) is 4. The SMILES string of the molecule is CC(=O)N/C(=C\c1ccccc1)C(=O)OCC(=O)Nc1ccc(I)cc1C. The molecule has 0 aliphatic heterocycles. The molecule has 0 saturated heterocycles. The number of halogens is 1. The lowest BCUT2D eigenvalue weighted by Crippen LogP contribution is -2.29. The topological polar surface area (TPSA) is 84.5 Å². The van der Waals surface area contributed by atoms with Crippen LogP contribution in [0.25, 0.3) is 6.08 Å². The van der Waals surface area contributed by atoms with E-state index >= 15 is 0 Å².